The van der Waals surface area contributed by atoms with Gasteiger partial charge in [0.25, 0.3) is 0 Å². The van der Waals surface area contributed by atoms with E-state index in [1.165, 1.54) is 11.1 Å². The van der Waals surface area contributed by atoms with Gasteiger partial charge in [0.1, 0.15) is 12.4 Å². The summed E-state index contributed by atoms with van der Waals surface area (Å²) in [6.07, 6.45) is 4.39. The molecule has 1 heterocycles. The highest BCUT2D eigenvalue weighted by Gasteiger charge is 2.56. The maximum absolute atomic E-state index is 12.7. The highest BCUT2D eigenvalue weighted by Crippen LogP contribution is 2.58. The Kier molecular flexibility index (Phi) is 4.62. The van der Waals surface area contributed by atoms with Gasteiger partial charge in [-0.2, -0.15) is 0 Å². The number of Topliss-reactive ketones (excluding diaryl/α,β-unsaturated/α-hetero) is 1. The summed E-state index contributed by atoms with van der Waals surface area (Å²) in [4.78, 5) is 15.2. The molecule has 1 saturated heterocycles. The SMILES string of the molecule is COc1ccc2c(c1OCc1ccccc1)[C@]13CCN(C)[C@H](C2)[C@@H]1CCC(=O)C3. The Balaban J connectivity index is 1.63. The molecule has 0 N–H and O–H groups in total. The maximum atomic E-state index is 12.7. The number of ketones is 1. The van der Waals surface area contributed by atoms with Crippen LogP contribution < -0.4 is 9.47 Å². The number of benzene rings is 2. The summed E-state index contributed by atoms with van der Waals surface area (Å²) in [7, 11) is 3.95. The highest BCUT2D eigenvalue weighted by molar-refractivity contribution is 5.82. The Morgan fingerprint density at radius 2 is 2.00 bits per heavy atom. The zero-order valence-electron chi connectivity index (χ0n) is 17.3. The Morgan fingerprint density at radius 3 is 2.79 bits per heavy atom. The fourth-order valence-corrected chi connectivity index (χ4v) is 6.12. The third-order valence-corrected chi connectivity index (χ3v) is 7.48. The Hall–Kier alpha value is -2.33. The molecule has 2 aliphatic carbocycles. The van der Waals surface area contributed by atoms with E-state index in [0.717, 1.165) is 49.3 Å². The molecular weight excluding hydrogens is 362 g/mol. The van der Waals surface area contributed by atoms with E-state index in [4.69, 9.17) is 9.47 Å². The van der Waals surface area contributed by atoms with Crippen molar-refractivity contribution in [3.8, 4) is 11.5 Å². The van der Waals surface area contributed by atoms with Gasteiger partial charge in [0, 0.05) is 29.9 Å². The van der Waals surface area contributed by atoms with E-state index < -0.39 is 0 Å². The maximum Gasteiger partial charge on any atom is 0.165 e. The molecule has 1 saturated carbocycles. The van der Waals surface area contributed by atoms with Crippen molar-refractivity contribution in [1.82, 2.24) is 4.90 Å². The molecule has 2 fully saturated rings. The fraction of sp³-hybridized carbons (Fsp3) is 0.480. The molecule has 152 valence electrons. The minimum Gasteiger partial charge on any atom is -0.493 e. The second kappa shape index (κ2) is 7.17. The average Bonchev–Trinajstić information content (AvgIpc) is 2.74. The molecule has 4 nitrogen and oxygen atoms in total. The predicted molar refractivity (Wildman–Crippen MR) is 113 cm³/mol. The van der Waals surface area contributed by atoms with E-state index in [2.05, 4.69) is 30.1 Å². The zero-order valence-corrected chi connectivity index (χ0v) is 17.3. The lowest BCUT2D eigenvalue weighted by molar-refractivity contribution is -0.127. The van der Waals surface area contributed by atoms with Gasteiger partial charge in [-0.25, -0.2) is 0 Å². The quantitative estimate of drug-likeness (QED) is 0.785. The van der Waals surface area contributed by atoms with Crippen LogP contribution in [0.2, 0.25) is 0 Å². The van der Waals surface area contributed by atoms with Crippen LogP contribution in [0.4, 0.5) is 0 Å². The summed E-state index contributed by atoms with van der Waals surface area (Å²) in [5.74, 6) is 2.55. The third kappa shape index (κ3) is 2.96. The standard InChI is InChI=1S/C25H29NO3/c1-26-13-12-25-15-19(27)9-10-20(25)21(26)14-18-8-11-22(28-2)24(23(18)25)29-16-17-6-4-3-5-7-17/h3-8,11,20-21H,9-10,12-16H2,1-2H3/t20-,21+,25-/m0/s1. The van der Waals surface area contributed by atoms with Gasteiger partial charge in [-0.05, 0) is 56.0 Å². The first kappa shape index (κ1) is 18.7. The lowest BCUT2D eigenvalue weighted by Crippen LogP contribution is -2.61. The number of carbonyl (C=O) groups is 1. The van der Waals surface area contributed by atoms with Gasteiger partial charge < -0.3 is 14.4 Å². The molecular formula is C25H29NO3. The van der Waals surface area contributed by atoms with Crippen LogP contribution >= 0.6 is 0 Å². The lowest BCUT2D eigenvalue weighted by Gasteiger charge is -2.58. The van der Waals surface area contributed by atoms with Crippen LogP contribution in [-0.4, -0.2) is 37.4 Å². The molecule has 3 atom stereocenters. The first-order valence-electron chi connectivity index (χ1n) is 10.7. The fourth-order valence-electron chi connectivity index (χ4n) is 6.12. The lowest BCUT2D eigenvalue weighted by atomic mass is 9.52. The number of likely N-dealkylation sites (N-methyl/N-ethyl adjacent to an activating group) is 1. The molecule has 2 bridgehead atoms. The molecule has 0 unspecified atom stereocenters. The van der Waals surface area contributed by atoms with Gasteiger partial charge in [0.05, 0.1) is 7.11 Å². The number of hydrogen-bond acceptors (Lipinski definition) is 4. The monoisotopic (exact) mass is 391 g/mol. The number of carbonyl (C=O) groups excluding carboxylic acids is 1. The van der Waals surface area contributed by atoms with Crippen molar-refractivity contribution >= 4 is 5.78 Å². The molecule has 0 amide bonds. The summed E-state index contributed by atoms with van der Waals surface area (Å²) in [6, 6.07) is 15.0. The zero-order chi connectivity index (χ0) is 20.0. The minimum atomic E-state index is -0.110. The highest BCUT2D eigenvalue weighted by atomic mass is 16.5. The topological polar surface area (TPSA) is 38.8 Å². The van der Waals surface area contributed by atoms with E-state index in [1.807, 2.05) is 24.3 Å². The molecule has 2 aromatic rings. The summed E-state index contributed by atoms with van der Waals surface area (Å²) in [5.41, 5.74) is 3.62. The summed E-state index contributed by atoms with van der Waals surface area (Å²) >= 11 is 0. The molecule has 3 aliphatic rings. The van der Waals surface area contributed by atoms with Gasteiger partial charge in [-0.3, -0.25) is 4.79 Å². The van der Waals surface area contributed by atoms with E-state index in [1.54, 1.807) is 7.11 Å². The van der Waals surface area contributed by atoms with Crippen LogP contribution in [0.25, 0.3) is 0 Å². The summed E-state index contributed by atoms with van der Waals surface area (Å²) in [5, 5.41) is 0. The van der Waals surface area contributed by atoms with Gasteiger partial charge in [0.15, 0.2) is 11.5 Å². The second-order valence-electron chi connectivity index (χ2n) is 8.92. The number of nitrogens with zero attached hydrogens (tertiary/aromatic N) is 1. The minimum absolute atomic E-state index is 0.110. The van der Waals surface area contributed by atoms with Gasteiger partial charge in [-0.15, -0.1) is 0 Å². The van der Waals surface area contributed by atoms with E-state index in [9.17, 15) is 4.79 Å². The van der Waals surface area contributed by atoms with E-state index >= 15 is 0 Å². The van der Waals surface area contributed by atoms with Crippen LogP contribution in [-0.2, 0) is 23.2 Å². The molecule has 5 rings (SSSR count). The van der Waals surface area contributed by atoms with Crippen molar-refractivity contribution in [3.05, 3.63) is 59.2 Å². The number of rotatable bonds is 4. The Morgan fingerprint density at radius 1 is 1.17 bits per heavy atom. The third-order valence-electron chi connectivity index (χ3n) is 7.48. The number of methoxy groups -OCH3 is 1. The van der Waals surface area contributed by atoms with Crippen molar-refractivity contribution in [1.29, 1.82) is 0 Å². The molecule has 2 aromatic carbocycles. The molecule has 0 spiro atoms. The number of fused-ring (bicyclic) bond motifs is 1. The van der Waals surface area contributed by atoms with Crippen molar-refractivity contribution in [2.75, 3.05) is 20.7 Å². The number of piperidine rings is 1. The van der Waals surface area contributed by atoms with Crippen molar-refractivity contribution in [2.24, 2.45) is 5.92 Å². The second-order valence-corrected chi connectivity index (χ2v) is 8.92. The number of ether oxygens (including phenoxy) is 2. The normalized spacial score (nSPS) is 28.4. The van der Waals surface area contributed by atoms with Crippen LogP contribution in [0.3, 0.4) is 0 Å². The van der Waals surface area contributed by atoms with E-state index in [0.29, 0.717) is 30.8 Å². The van der Waals surface area contributed by atoms with Crippen LogP contribution in [0.1, 0.15) is 42.4 Å². The molecule has 1 aliphatic heterocycles. The Bertz CT molecular complexity index is 925. The predicted octanol–water partition coefficient (Wildman–Crippen LogP) is 4.14. The van der Waals surface area contributed by atoms with Crippen molar-refractivity contribution in [2.45, 2.75) is 50.2 Å². The van der Waals surface area contributed by atoms with Crippen molar-refractivity contribution in [3.63, 3.8) is 0 Å². The summed E-state index contributed by atoms with van der Waals surface area (Å²) in [6.45, 7) is 1.54. The smallest absolute Gasteiger partial charge is 0.165 e. The van der Waals surface area contributed by atoms with Gasteiger partial charge >= 0.3 is 0 Å². The Labute approximate surface area is 172 Å². The average molecular weight is 392 g/mol. The largest absolute Gasteiger partial charge is 0.493 e. The van der Waals surface area contributed by atoms with E-state index in [-0.39, 0.29) is 5.41 Å². The molecule has 29 heavy (non-hydrogen) atoms. The number of hydrogen-bond donors (Lipinski definition) is 0. The van der Waals surface area contributed by atoms with Gasteiger partial charge in [0.2, 0.25) is 0 Å². The molecule has 4 heteroatoms. The molecule has 0 radical (unpaired) electrons. The molecule has 0 aromatic heterocycles. The van der Waals surface area contributed by atoms with Crippen LogP contribution in [0.15, 0.2) is 42.5 Å². The van der Waals surface area contributed by atoms with Gasteiger partial charge in [-0.1, -0.05) is 36.4 Å². The van der Waals surface area contributed by atoms with Crippen molar-refractivity contribution < 1.29 is 14.3 Å². The number of likely N-dealkylation sites (tertiary alicyclic amines) is 1. The first-order valence-corrected chi connectivity index (χ1v) is 10.7. The summed E-state index contributed by atoms with van der Waals surface area (Å²) < 4.78 is 12.2. The first-order chi connectivity index (χ1) is 14.1. The van der Waals surface area contributed by atoms with Crippen LogP contribution in [0, 0.1) is 5.92 Å². The van der Waals surface area contributed by atoms with Crippen LogP contribution in [0.5, 0.6) is 11.5 Å².